The summed E-state index contributed by atoms with van der Waals surface area (Å²) in [6.45, 7) is 3.67. The van der Waals surface area contributed by atoms with E-state index < -0.39 is 12.1 Å². The number of nitrogens with one attached hydrogen (secondary N) is 1. The molecular formula is C24H27ClN3NaO4. The van der Waals surface area contributed by atoms with Crippen molar-refractivity contribution in [3.05, 3.63) is 64.2 Å². The van der Waals surface area contributed by atoms with Crippen LogP contribution in [-0.4, -0.2) is 65.5 Å². The van der Waals surface area contributed by atoms with Crippen molar-refractivity contribution in [3.8, 4) is 0 Å². The van der Waals surface area contributed by atoms with Crippen molar-refractivity contribution < 1.29 is 49.4 Å². The molecule has 0 aliphatic carbocycles. The zero-order valence-electron chi connectivity index (χ0n) is 18.8. The predicted octanol–water partition coefficient (Wildman–Crippen LogP) is -1.30. The maximum atomic E-state index is 12.9. The van der Waals surface area contributed by atoms with Crippen molar-refractivity contribution in [2.24, 2.45) is 0 Å². The first-order chi connectivity index (χ1) is 15.4. The van der Waals surface area contributed by atoms with Crippen molar-refractivity contribution in [2.75, 3.05) is 38.0 Å². The number of rotatable bonds is 7. The number of fused-ring (bicyclic) bond motifs is 1. The number of carboxylic acids is 1. The number of aliphatic hydroxyl groups is 1. The van der Waals surface area contributed by atoms with Crippen LogP contribution < -0.4 is 40.0 Å². The second kappa shape index (κ2) is 11.7. The third kappa shape index (κ3) is 6.10. The van der Waals surface area contributed by atoms with Crippen LogP contribution in [0.2, 0.25) is 5.02 Å². The average Bonchev–Trinajstić information content (AvgIpc) is 3.25. The minimum Gasteiger partial charge on any atom is -0.545 e. The molecule has 1 amide bonds. The van der Waals surface area contributed by atoms with Crippen LogP contribution in [0.15, 0.2) is 42.5 Å². The molecule has 7 nitrogen and oxygen atoms in total. The number of anilines is 1. The molecule has 1 saturated heterocycles. The number of aliphatic hydroxyl groups excluding tert-OH is 1. The molecule has 0 radical (unpaired) electrons. The van der Waals surface area contributed by atoms with E-state index in [9.17, 15) is 19.8 Å². The van der Waals surface area contributed by atoms with Crippen molar-refractivity contribution in [1.82, 2.24) is 9.80 Å². The fourth-order valence-electron chi connectivity index (χ4n) is 4.54. The molecular weight excluding hydrogens is 453 g/mol. The molecule has 9 heteroatoms. The molecule has 0 bridgehead atoms. The Morgan fingerprint density at radius 1 is 1.12 bits per heavy atom. The number of halogens is 1. The van der Waals surface area contributed by atoms with Gasteiger partial charge in [-0.1, -0.05) is 48.0 Å². The molecule has 2 aromatic rings. The van der Waals surface area contributed by atoms with Crippen LogP contribution in [0, 0.1) is 0 Å². The van der Waals surface area contributed by atoms with E-state index in [-0.39, 0.29) is 47.1 Å². The Morgan fingerprint density at radius 3 is 2.55 bits per heavy atom. The Balaban J connectivity index is 0.00000306. The van der Waals surface area contributed by atoms with E-state index in [4.69, 9.17) is 11.6 Å². The number of nitrogens with zero attached hydrogens (tertiary/aromatic N) is 2. The Morgan fingerprint density at radius 2 is 1.85 bits per heavy atom. The van der Waals surface area contributed by atoms with Gasteiger partial charge < -0.3 is 25.2 Å². The van der Waals surface area contributed by atoms with Crippen LogP contribution in [0.1, 0.15) is 40.4 Å². The number of carboxylic acid groups (broad SMARTS) is 1. The molecule has 0 spiro atoms. The van der Waals surface area contributed by atoms with Crippen molar-refractivity contribution in [2.45, 2.75) is 31.4 Å². The standard InChI is InChI=1S/C24H28ClN3O4.Na/c25-19-8-3-5-16-15-20(26-22(16)19)23(30)28-13-11-27(12-14-28)10-4-9-21(29)17-6-1-2-7-18(17)24(31)32;/h1-3,5-8,20-21,26,29H,4,9-15H2,(H,31,32);/q;+1/p-1. The second-order valence-corrected chi connectivity index (χ2v) is 8.78. The summed E-state index contributed by atoms with van der Waals surface area (Å²) in [5.74, 6) is -1.17. The second-order valence-electron chi connectivity index (χ2n) is 8.37. The number of hydrogen-bond donors (Lipinski definition) is 2. The normalized spacial score (nSPS) is 18.7. The third-order valence-corrected chi connectivity index (χ3v) is 6.63. The predicted molar refractivity (Wildman–Crippen MR) is 121 cm³/mol. The summed E-state index contributed by atoms with van der Waals surface area (Å²) in [6, 6.07) is 11.9. The molecule has 33 heavy (non-hydrogen) atoms. The Labute approximate surface area is 221 Å². The van der Waals surface area contributed by atoms with Crippen LogP contribution in [0.4, 0.5) is 5.69 Å². The Kier molecular flexibility index (Phi) is 9.21. The van der Waals surface area contributed by atoms with Gasteiger partial charge in [0.1, 0.15) is 6.04 Å². The van der Waals surface area contributed by atoms with E-state index in [1.807, 2.05) is 23.1 Å². The molecule has 2 aliphatic rings. The van der Waals surface area contributed by atoms with Gasteiger partial charge in [0.2, 0.25) is 5.91 Å². The van der Waals surface area contributed by atoms with Gasteiger partial charge in [0, 0.05) is 38.2 Å². The van der Waals surface area contributed by atoms with Gasteiger partial charge in [0.25, 0.3) is 0 Å². The maximum absolute atomic E-state index is 12.9. The number of carbonyl (C=O) groups excluding carboxylic acids is 2. The molecule has 2 atom stereocenters. The smallest absolute Gasteiger partial charge is 0.545 e. The molecule has 170 valence electrons. The Bertz CT molecular complexity index is 997. The van der Waals surface area contributed by atoms with Gasteiger partial charge in [-0.3, -0.25) is 9.69 Å². The van der Waals surface area contributed by atoms with E-state index in [0.29, 0.717) is 36.5 Å². The molecule has 0 saturated carbocycles. The maximum Gasteiger partial charge on any atom is 1.00 e. The van der Waals surface area contributed by atoms with Gasteiger partial charge >= 0.3 is 29.6 Å². The topological polar surface area (TPSA) is 95.9 Å². The monoisotopic (exact) mass is 479 g/mol. The summed E-state index contributed by atoms with van der Waals surface area (Å²) >= 11 is 6.23. The van der Waals surface area contributed by atoms with E-state index >= 15 is 0 Å². The fourth-order valence-corrected chi connectivity index (χ4v) is 4.79. The summed E-state index contributed by atoms with van der Waals surface area (Å²) in [5.41, 5.74) is 2.38. The molecule has 0 aromatic heterocycles. The zero-order chi connectivity index (χ0) is 22.7. The van der Waals surface area contributed by atoms with Crippen LogP contribution in [0.25, 0.3) is 0 Å². The van der Waals surface area contributed by atoms with Gasteiger partial charge in [-0.05, 0) is 36.6 Å². The van der Waals surface area contributed by atoms with Gasteiger partial charge in [0.15, 0.2) is 0 Å². The number of aromatic carboxylic acids is 1. The summed E-state index contributed by atoms with van der Waals surface area (Å²) in [5, 5.41) is 25.6. The number of carbonyl (C=O) groups is 2. The minimum atomic E-state index is -1.28. The fraction of sp³-hybridized carbons (Fsp3) is 0.417. The number of amides is 1. The van der Waals surface area contributed by atoms with Gasteiger partial charge in [-0.2, -0.15) is 0 Å². The molecule has 2 aliphatic heterocycles. The summed E-state index contributed by atoms with van der Waals surface area (Å²) in [7, 11) is 0. The quantitative estimate of drug-likeness (QED) is 0.479. The van der Waals surface area contributed by atoms with Crippen molar-refractivity contribution in [1.29, 1.82) is 0 Å². The van der Waals surface area contributed by atoms with E-state index in [0.717, 1.165) is 37.3 Å². The Hall–Kier alpha value is -1.61. The van der Waals surface area contributed by atoms with Gasteiger partial charge in [-0.15, -0.1) is 0 Å². The van der Waals surface area contributed by atoms with Crippen molar-refractivity contribution in [3.63, 3.8) is 0 Å². The molecule has 2 aromatic carbocycles. The van der Waals surface area contributed by atoms with E-state index in [2.05, 4.69) is 10.2 Å². The first-order valence-electron chi connectivity index (χ1n) is 11.0. The summed E-state index contributed by atoms with van der Waals surface area (Å²) in [4.78, 5) is 28.4. The first kappa shape index (κ1) is 26.0. The van der Waals surface area contributed by atoms with Gasteiger partial charge in [0.05, 0.1) is 22.8 Å². The SMILES string of the molecule is O=C([O-])c1ccccc1C(O)CCCN1CCN(C(=O)C2Cc3cccc(Cl)c3N2)CC1.[Na+]. The molecule has 4 rings (SSSR count). The van der Waals surface area contributed by atoms with Crippen molar-refractivity contribution >= 4 is 29.2 Å². The largest absolute Gasteiger partial charge is 1.00 e. The average molecular weight is 480 g/mol. The van der Waals surface area contributed by atoms with Crippen LogP contribution in [0.5, 0.6) is 0 Å². The number of benzene rings is 2. The first-order valence-corrected chi connectivity index (χ1v) is 11.3. The van der Waals surface area contributed by atoms with E-state index in [1.165, 1.54) is 6.07 Å². The van der Waals surface area contributed by atoms with Crippen LogP contribution in [0.3, 0.4) is 0 Å². The molecule has 2 heterocycles. The third-order valence-electron chi connectivity index (χ3n) is 6.32. The summed E-state index contributed by atoms with van der Waals surface area (Å²) < 4.78 is 0. The van der Waals surface area contributed by atoms with E-state index in [1.54, 1.807) is 18.2 Å². The molecule has 2 unspecified atom stereocenters. The van der Waals surface area contributed by atoms with Gasteiger partial charge in [-0.25, -0.2) is 0 Å². The van der Waals surface area contributed by atoms with Crippen LogP contribution in [-0.2, 0) is 11.2 Å². The minimum absolute atomic E-state index is 0. The summed E-state index contributed by atoms with van der Waals surface area (Å²) in [6.07, 6.45) is 1.01. The number of para-hydroxylation sites is 1. The molecule has 1 fully saturated rings. The zero-order valence-corrected chi connectivity index (χ0v) is 21.6. The molecule has 2 N–H and O–H groups in total. The van der Waals surface area contributed by atoms with Crippen LogP contribution >= 0.6 is 11.6 Å². The number of piperazine rings is 1. The number of hydrogen-bond acceptors (Lipinski definition) is 6.